The van der Waals surface area contributed by atoms with Gasteiger partial charge in [-0.1, -0.05) is 0 Å². The number of methoxy groups -OCH3 is 1. The number of carbonyl (C=O) groups is 1. The number of carbonyl (C=O) groups excluding carboxylic acids is 1. The summed E-state index contributed by atoms with van der Waals surface area (Å²) in [6.07, 6.45) is 6.29. The number of ether oxygens (including phenoxy) is 1. The van der Waals surface area contributed by atoms with Crippen molar-refractivity contribution >= 4 is 17.2 Å². The number of hydrogen-bond acceptors (Lipinski definition) is 4. The molecule has 0 spiro atoms. The molecule has 1 aromatic heterocycles. The topological polar surface area (TPSA) is 42.4 Å². The second-order valence-corrected chi connectivity index (χ2v) is 6.37. The molecule has 1 saturated heterocycles. The largest absolute Gasteiger partial charge is 0.385 e. The minimum atomic E-state index is 0.155. The Morgan fingerprint density at radius 1 is 1.63 bits per heavy atom. The van der Waals surface area contributed by atoms with Crippen LogP contribution in [0.15, 0.2) is 6.20 Å². The monoisotopic (exact) mass is 282 g/mol. The number of nitrogens with zero attached hydrogens (tertiary/aromatic N) is 2. The van der Waals surface area contributed by atoms with Crippen LogP contribution < -0.4 is 0 Å². The van der Waals surface area contributed by atoms with Gasteiger partial charge < -0.3 is 9.64 Å². The molecule has 0 aromatic carbocycles. The van der Waals surface area contributed by atoms with E-state index < -0.39 is 0 Å². The fraction of sp³-hybridized carbons (Fsp3) is 0.714. The Kier molecular flexibility index (Phi) is 5.34. The lowest BCUT2D eigenvalue weighted by molar-refractivity contribution is 0.0665. The summed E-state index contributed by atoms with van der Waals surface area (Å²) in [6.45, 7) is 4.53. The lowest BCUT2D eigenvalue weighted by Crippen LogP contribution is -2.39. The molecule has 5 heteroatoms. The molecule has 1 fully saturated rings. The number of rotatable bonds is 5. The summed E-state index contributed by atoms with van der Waals surface area (Å²) in [7, 11) is 1.74. The van der Waals surface area contributed by atoms with E-state index in [4.69, 9.17) is 4.74 Å². The number of amides is 1. The summed E-state index contributed by atoms with van der Waals surface area (Å²) in [4.78, 5) is 19.3. The van der Waals surface area contributed by atoms with Crippen LogP contribution in [0.5, 0.6) is 0 Å². The zero-order valence-electron chi connectivity index (χ0n) is 11.7. The Bertz CT molecular complexity index is 419. The first-order chi connectivity index (χ1) is 9.20. The van der Waals surface area contributed by atoms with Crippen molar-refractivity contribution in [2.75, 3.05) is 26.8 Å². The van der Waals surface area contributed by atoms with Gasteiger partial charge in [0, 0.05) is 26.8 Å². The van der Waals surface area contributed by atoms with Crippen molar-refractivity contribution in [2.45, 2.75) is 32.6 Å². The van der Waals surface area contributed by atoms with Crippen LogP contribution in [0, 0.1) is 12.8 Å². The van der Waals surface area contributed by atoms with Crippen LogP contribution in [0.3, 0.4) is 0 Å². The molecule has 0 saturated carbocycles. The van der Waals surface area contributed by atoms with Crippen LogP contribution in [0.2, 0.25) is 0 Å². The fourth-order valence-corrected chi connectivity index (χ4v) is 3.36. The third-order valence-corrected chi connectivity index (χ3v) is 4.50. The van der Waals surface area contributed by atoms with Gasteiger partial charge in [-0.15, -0.1) is 11.3 Å². The maximum absolute atomic E-state index is 12.4. The third kappa shape index (κ3) is 4.01. The van der Waals surface area contributed by atoms with Gasteiger partial charge in [-0.05, 0) is 38.5 Å². The van der Waals surface area contributed by atoms with E-state index in [1.54, 1.807) is 13.3 Å². The van der Waals surface area contributed by atoms with Crippen LogP contribution >= 0.6 is 11.3 Å². The normalized spacial score (nSPS) is 19.7. The Morgan fingerprint density at radius 2 is 2.47 bits per heavy atom. The summed E-state index contributed by atoms with van der Waals surface area (Å²) in [6, 6.07) is 0. The Balaban J connectivity index is 1.88. The zero-order valence-corrected chi connectivity index (χ0v) is 12.5. The molecule has 0 unspecified atom stereocenters. The third-order valence-electron chi connectivity index (χ3n) is 3.60. The van der Waals surface area contributed by atoms with Crippen molar-refractivity contribution in [3.63, 3.8) is 0 Å². The fourth-order valence-electron chi connectivity index (χ4n) is 2.62. The standard InChI is InChI=1S/C14H22N2O2S/c1-11-15-9-13(19-11)14(17)16-7-3-5-12(10-16)6-4-8-18-2/h9,12H,3-8,10H2,1-2H3/t12-/m1/s1. The van der Waals surface area contributed by atoms with Gasteiger partial charge in [-0.2, -0.15) is 0 Å². The minimum absolute atomic E-state index is 0.155. The van der Waals surface area contributed by atoms with Crippen molar-refractivity contribution < 1.29 is 9.53 Å². The Labute approximate surface area is 118 Å². The van der Waals surface area contributed by atoms with Gasteiger partial charge in [0.2, 0.25) is 0 Å². The average molecular weight is 282 g/mol. The molecule has 0 bridgehead atoms. The van der Waals surface area contributed by atoms with Gasteiger partial charge in [-0.3, -0.25) is 4.79 Å². The summed E-state index contributed by atoms with van der Waals surface area (Å²) >= 11 is 1.49. The predicted molar refractivity (Wildman–Crippen MR) is 76.6 cm³/mol. The molecule has 1 atom stereocenters. The Hall–Kier alpha value is -0.940. The van der Waals surface area contributed by atoms with Crippen LogP contribution in [0.1, 0.15) is 40.4 Å². The van der Waals surface area contributed by atoms with Gasteiger partial charge in [0.05, 0.1) is 11.2 Å². The van der Waals surface area contributed by atoms with Gasteiger partial charge in [-0.25, -0.2) is 4.98 Å². The number of aromatic nitrogens is 1. The maximum atomic E-state index is 12.4. The van der Waals surface area contributed by atoms with Gasteiger partial charge in [0.15, 0.2) is 0 Å². The molecule has 1 aliphatic heterocycles. The molecule has 1 aliphatic rings. The number of piperidine rings is 1. The molecular weight excluding hydrogens is 260 g/mol. The molecule has 1 amide bonds. The highest BCUT2D eigenvalue weighted by molar-refractivity contribution is 7.13. The molecule has 0 radical (unpaired) electrons. The van der Waals surface area contributed by atoms with Gasteiger partial charge >= 0.3 is 0 Å². The van der Waals surface area contributed by atoms with E-state index in [0.717, 1.165) is 48.8 Å². The minimum Gasteiger partial charge on any atom is -0.385 e. The average Bonchev–Trinajstić information content (AvgIpc) is 2.85. The van der Waals surface area contributed by atoms with Crippen LogP contribution in [-0.2, 0) is 4.74 Å². The molecule has 2 rings (SSSR count). The molecule has 4 nitrogen and oxygen atoms in total. The number of hydrogen-bond donors (Lipinski definition) is 0. The molecule has 106 valence electrons. The van der Waals surface area contributed by atoms with E-state index >= 15 is 0 Å². The first kappa shape index (κ1) is 14.5. The molecule has 1 aromatic rings. The molecule has 2 heterocycles. The lowest BCUT2D eigenvalue weighted by Gasteiger charge is -2.32. The molecule has 0 N–H and O–H groups in total. The molecule has 0 aliphatic carbocycles. The van der Waals surface area contributed by atoms with Crippen LogP contribution in [0.25, 0.3) is 0 Å². The summed E-state index contributed by atoms with van der Waals surface area (Å²) in [5.41, 5.74) is 0. The smallest absolute Gasteiger partial charge is 0.265 e. The molecular formula is C14H22N2O2S. The van der Waals surface area contributed by atoms with E-state index in [9.17, 15) is 4.79 Å². The summed E-state index contributed by atoms with van der Waals surface area (Å²) in [5, 5.41) is 0.956. The van der Waals surface area contributed by atoms with Crippen LogP contribution in [0.4, 0.5) is 0 Å². The van der Waals surface area contributed by atoms with E-state index in [0.29, 0.717) is 5.92 Å². The van der Waals surface area contributed by atoms with E-state index in [-0.39, 0.29) is 5.91 Å². The quantitative estimate of drug-likeness (QED) is 0.780. The van der Waals surface area contributed by atoms with E-state index in [1.807, 2.05) is 11.8 Å². The first-order valence-corrected chi connectivity index (χ1v) is 7.73. The SMILES string of the molecule is COCCC[C@H]1CCCN(C(=O)c2cnc(C)s2)C1. The van der Waals surface area contributed by atoms with Crippen molar-refractivity contribution in [3.8, 4) is 0 Å². The van der Waals surface area contributed by atoms with Crippen molar-refractivity contribution in [2.24, 2.45) is 5.92 Å². The van der Waals surface area contributed by atoms with Crippen molar-refractivity contribution in [1.82, 2.24) is 9.88 Å². The lowest BCUT2D eigenvalue weighted by atomic mass is 9.93. The summed E-state index contributed by atoms with van der Waals surface area (Å²) in [5.74, 6) is 0.781. The maximum Gasteiger partial charge on any atom is 0.265 e. The van der Waals surface area contributed by atoms with Gasteiger partial charge in [0.25, 0.3) is 5.91 Å². The highest BCUT2D eigenvalue weighted by Gasteiger charge is 2.25. The van der Waals surface area contributed by atoms with Crippen LogP contribution in [-0.4, -0.2) is 42.6 Å². The highest BCUT2D eigenvalue weighted by atomic mass is 32.1. The Morgan fingerprint density at radius 3 is 3.16 bits per heavy atom. The second-order valence-electron chi connectivity index (χ2n) is 5.14. The van der Waals surface area contributed by atoms with Crippen molar-refractivity contribution in [3.05, 3.63) is 16.1 Å². The van der Waals surface area contributed by atoms with Crippen molar-refractivity contribution in [1.29, 1.82) is 0 Å². The van der Waals surface area contributed by atoms with E-state index in [2.05, 4.69) is 4.98 Å². The second kappa shape index (κ2) is 7.01. The number of likely N-dealkylation sites (tertiary alicyclic amines) is 1. The highest BCUT2D eigenvalue weighted by Crippen LogP contribution is 2.23. The van der Waals surface area contributed by atoms with E-state index in [1.165, 1.54) is 17.8 Å². The first-order valence-electron chi connectivity index (χ1n) is 6.91. The summed E-state index contributed by atoms with van der Waals surface area (Å²) < 4.78 is 5.09. The number of aryl methyl sites for hydroxylation is 1. The predicted octanol–water partition coefficient (Wildman–Crippen LogP) is 2.73. The molecule has 19 heavy (non-hydrogen) atoms. The van der Waals surface area contributed by atoms with Gasteiger partial charge in [0.1, 0.15) is 4.88 Å². The number of thiazole rings is 1. The zero-order chi connectivity index (χ0) is 13.7.